The van der Waals surface area contributed by atoms with E-state index in [9.17, 15) is 33.6 Å². The molecule has 0 bridgehead atoms. The molecule has 8 heterocycles. The van der Waals surface area contributed by atoms with Crippen LogP contribution in [0.4, 0.5) is 0 Å². The number of carbonyl (C=O) groups is 7. The van der Waals surface area contributed by atoms with Gasteiger partial charge in [-0.05, 0) is 180 Å². The molecular weight excluding hydrogens is 947 g/mol. The highest BCUT2D eigenvalue weighted by molar-refractivity contribution is 5.93. The molecule has 4 atom stereocenters. The number of ketones is 2. The molecule has 16 nitrogen and oxygen atoms in total. The quantitative estimate of drug-likeness (QED) is 0.151. The van der Waals surface area contributed by atoms with Crippen molar-refractivity contribution in [2.24, 2.45) is 0 Å². The van der Waals surface area contributed by atoms with Gasteiger partial charge in [-0.15, -0.1) is 0 Å². The maximum Gasteiger partial charge on any atom is 0.334 e. The molecular formula is C58H73N3O13. The van der Waals surface area contributed by atoms with Crippen LogP contribution in [0.15, 0.2) is 160 Å². The lowest BCUT2D eigenvalue weighted by Gasteiger charge is -2.00. The van der Waals surface area contributed by atoms with E-state index >= 15 is 0 Å². The molecule has 398 valence electrons. The lowest BCUT2D eigenvalue weighted by molar-refractivity contribution is -0.139. The van der Waals surface area contributed by atoms with Crippen LogP contribution in [0.1, 0.15) is 112 Å². The molecule has 0 amide bonds. The first-order valence-corrected chi connectivity index (χ1v) is 23.9. The van der Waals surface area contributed by atoms with Gasteiger partial charge in [0.1, 0.15) is 31.0 Å². The summed E-state index contributed by atoms with van der Waals surface area (Å²) >= 11 is 0. The number of esters is 5. The summed E-state index contributed by atoms with van der Waals surface area (Å²) in [5.74, 6) is -0.479. The van der Waals surface area contributed by atoms with Gasteiger partial charge in [0.05, 0.1) is 18.7 Å². The van der Waals surface area contributed by atoms with Crippen molar-refractivity contribution in [1.82, 2.24) is 15.2 Å². The fourth-order valence-electron chi connectivity index (χ4n) is 5.58. The number of pyridine rings is 1. The molecule has 2 aliphatic carbocycles. The van der Waals surface area contributed by atoms with Crippen LogP contribution in [0, 0.1) is 20.8 Å². The Hall–Kier alpha value is -7.88. The number of cyclic esters (lactones) is 5. The number of furan rings is 1. The first-order valence-electron chi connectivity index (χ1n) is 23.9. The second kappa shape index (κ2) is 35.3. The Morgan fingerprint density at radius 3 is 1.26 bits per heavy atom. The van der Waals surface area contributed by atoms with Crippen molar-refractivity contribution in [3.63, 3.8) is 0 Å². The van der Waals surface area contributed by atoms with Crippen molar-refractivity contribution in [1.29, 1.82) is 0 Å². The third-order valence-electron chi connectivity index (χ3n) is 10.2. The topological polar surface area (TPSA) is 217 Å². The number of hydrogen-bond acceptors (Lipinski definition) is 16. The van der Waals surface area contributed by atoms with E-state index < -0.39 is 0 Å². The number of nitrogens with zero attached hydrogens (tertiary/aromatic N) is 3. The van der Waals surface area contributed by atoms with Crippen LogP contribution in [0.25, 0.3) is 0 Å². The average molecular weight is 1020 g/mol. The molecule has 16 heteroatoms. The standard InChI is InChI=1S/C7H8O.C6H7N.4C6H8O2.C6H8O.C5H6N2.C5H6O2.C5H6O/c1-6-2-4-7(8)5-3-6;1-6-3-2-4-7-5-6;2*1-4-3-6(7)8-5(4)2;2*1-4-3-5(2)8-6(4)7;1-5-2-3-6(7)4-5;1-5-2-3-6-7-4-5;1-4-2-3-7-5(4)6;1-5-2-3-6-4-5/h2-4H,5H2,1H3;2-5H,1H3;4*3,5H,1-2H3;4H,2-3H2,1H3;2-4H,1H3;2H,3H2,1H3;2-4H,1H3/t;;4*5-;;;;/m..1010..../s1. The van der Waals surface area contributed by atoms with Crippen LogP contribution in [-0.2, 0) is 57.2 Å². The van der Waals surface area contributed by atoms with E-state index in [1.54, 1.807) is 70.1 Å². The summed E-state index contributed by atoms with van der Waals surface area (Å²) in [5, 5.41) is 7.23. The van der Waals surface area contributed by atoms with Crippen LogP contribution in [0.5, 0.6) is 0 Å². The van der Waals surface area contributed by atoms with Gasteiger partial charge in [0.25, 0.3) is 0 Å². The minimum Gasteiger partial charge on any atom is -0.472 e. The summed E-state index contributed by atoms with van der Waals surface area (Å²) in [6, 6.07) is 7.77. The van der Waals surface area contributed by atoms with Gasteiger partial charge in [-0.1, -0.05) is 29.4 Å². The van der Waals surface area contributed by atoms with Gasteiger partial charge >= 0.3 is 29.8 Å². The number of hydrogen-bond donors (Lipinski definition) is 0. The van der Waals surface area contributed by atoms with Crippen LogP contribution in [0.2, 0.25) is 0 Å². The van der Waals surface area contributed by atoms with E-state index in [-0.39, 0.29) is 65.8 Å². The van der Waals surface area contributed by atoms with Crippen LogP contribution in [-0.4, -0.2) is 87.6 Å². The lowest BCUT2D eigenvalue weighted by Crippen LogP contribution is -2.03. The van der Waals surface area contributed by atoms with E-state index in [0.29, 0.717) is 13.0 Å². The van der Waals surface area contributed by atoms with Crippen molar-refractivity contribution in [3.05, 3.63) is 172 Å². The Balaban J connectivity index is 0.000000412. The van der Waals surface area contributed by atoms with Gasteiger partial charge in [-0.25, -0.2) is 24.0 Å². The van der Waals surface area contributed by atoms with Crippen LogP contribution >= 0.6 is 0 Å². The Morgan fingerprint density at radius 2 is 1.09 bits per heavy atom. The Bertz CT molecular complexity index is 2450. The summed E-state index contributed by atoms with van der Waals surface area (Å²) in [7, 11) is 0. The third kappa shape index (κ3) is 30.1. The molecule has 5 aliphatic heterocycles. The van der Waals surface area contributed by atoms with Crippen molar-refractivity contribution in [3.8, 4) is 0 Å². The average Bonchev–Trinajstić information content (AvgIpc) is 4.24. The largest absolute Gasteiger partial charge is 0.472 e. The molecule has 0 unspecified atom stereocenters. The Morgan fingerprint density at radius 1 is 0.527 bits per heavy atom. The van der Waals surface area contributed by atoms with Crippen LogP contribution < -0.4 is 0 Å². The normalized spacial score (nSPS) is 20.0. The SMILES string of the molecule is CC1=CC(=O)CC1.CC1=CC(=O)O[C@@H]1C.CC1=CC(=O)O[C@H]1C.CC1=CCC(=O)C=C1.CC1=CCOC1=O.CC1=C[C@@H](C)OC1=O.CC1=C[C@H](C)OC1=O.Cc1cccnc1.Cc1ccnnc1.Cc1ccoc1. The maximum absolute atomic E-state index is 10.5. The van der Waals surface area contributed by atoms with Gasteiger partial charge in [0, 0.05) is 60.3 Å². The van der Waals surface area contributed by atoms with E-state index in [0.717, 1.165) is 46.3 Å². The maximum atomic E-state index is 10.5. The van der Waals surface area contributed by atoms with Gasteiger partial charge in [0.15, 0.2) is 11.6 Å². The number of aromatic nitrogens is 3. The van der Waals surface area contributed by atoms with E-state index in [4.69, 9.17) is 23.4 Å². The molecule has 0 fully saturated rings. The second-order valence-corrected chi connectivity index (χ2v) is 17.5. The number of allylic oxidation sites excluding steroid dienone is 6. The first-order chi connectivity index (χ1) is 34.9. The van der Waals surface area contributed by atoms with Gasteiger partial charge in [-0.2, -0.15) is 10.2 Å². The van der Waals surface area contributed by atoms with E-state index in [1.807, 2.05) is 131 Å². The summed E-state index contributed by atoms with van der Waals surface area (Å²) in [4.78, 5) is 76.7. The van der Waals surface area contributed by atoms with Crippen molar-refractivity contribution in [2.45, 2.75) is 141 Å². The predicted molar refractivity (Wildman–Crippen MR) is 282 cm³/mol. The zero-order chi connectivity index (χ0) is 55.8. The molecule has 10 rings (SSSR count). The summed E-state index contributed by atoms with van der Waals surface area (Å²) in [6.07, 6.45) is 28.2. The number of carbonyl (C=O) groups excluding carboxylic acids is 7. The van der Waals surface area contributed by atoms with Crippen molar-refractivity contribution in [2.75, 3.05) is 6.61 Å². The molecule has 3 aromatic rings. The van der Waals surface area contributed by atoms with Crippen molar-refractivity contribution >= 4 is 41.4 Å². The minimum atomic E-state index is -0.213. The Kier molecular flexibility index (Phi) is 30.6. The molecule has 0 spiro atoms. The molecule has 0 saturated carbocycles. The number of rotatable bonds is 0. The molecule has 0 saturated heterocycles. The molecule has 0 aromatic carbocycles. The van der Waals surface area contributed by atoms with Gasteiger partial charge < -0.3 is 28.1 Å². The minimum absolute atomic E-state index is 0.00231. The highest BCUT2D eigenvalue weighted by Gasteiger charge is 2.19. The highest BCUT2D eigenvalue weighted by Crippen LogP contribution is 2.15. The molecule has 7 aliphatic rings. The van der Waals surface area contributed by atoms with Crippen LogP contribution in [0.3, 0.4) is 0 Å². The fourth-order valence-corrected chi connectivity index (χ4v) is 5.58. The lowest BCUT2D eigenvalue weighted by atomic mass is 10.1. The number of ether oxygens (including phenoxy) is 5. The molecule has 74 heavy (non-hydrogen) atoms. The zero-order valence-electron chi connectivity index (χ0n) is 45.3. The van der Waals surface area contributed by atoms with Gasteiger partial charge in [0.2, 0.25) is 0 Å². The van der Waals surface area contributed by atoms with Crippen molar-refractivity contribution < 1.29 is 61.7 Å². The predicted octanol–water partition coefficient (Wildman–Crippen LogP) is 10.5. The smallest absolute Gasteiger partial charge is 0.334 e. The number of aryl methyl sites for hydroxylation is 3. The monoisotopic (exact) mass is 1020 g/mol. The van der Waals surface area contributed by atoms with E-state index in [2.05, 4.69) is 19.9 Å². The molecule has 0 radical (unpaired) electrons. The Labute approximate surface area is 436 Å². The summed E-state index contributed by atoms with van der Waals surface area (Å²) in [6.45, 7) is 26.9. The third-order valence-corrected chi connectivity index (χ3v) is 10.2. The zero-order valence-corrected chi connectivity index (χ0v) is 45.3. The van der Waals surface area contributed by atoms with Gasteiger partial charge in [-0.3, -0.25) is 14.6 Å². The summed E-state index contributed by atoms with van der Waals surface area (Å²) in [5.41, 5.74) is 10.1. The van der Waals surface area contributed by atoms with E-state index in [1.165, 1.54) is 34.4 Å². The fraction of sp³-hybridized carbons (Fsp3) is 0.379. The summed E-state index contributed by atoms with van der Waals surface area (Å²) < 4.78 is 28.2. The highest BCUT2D eigenvalue weighted by atomic mass is 16.6. The first kappa shape index (κ1) is 64.1. The second-order valence-electron chi connectivity index (χ2n) is 17.5. The molecule has 3 aromatic heterocycles. The molecule has 0 N–H and O–H groups in total.